The van der Waals surface area contributed by atoms with Crippen molar-refractivity contribution in [3.63, 3.8) is 0 Å². The maximum Gasteiger partial charge on any atom is 0.331 e. The Morgan fingerprint density at radius 3 is 2.46 bits per heavy atom. The molecule has 7 nitrogen and oxygen atoms in total. The number of hydrogen-bond donors (Lipinski definition) is 0. The molecule has 26 heavy (non-hydrogen) atoms. The van der Waals surface area contributed by atoms with Gasteiger partial charge in [0.15, 0.2) is 12.1 Å². The highest BCUT2D eigenvalue weighted by atomic mass is 31.2. The van der Waals surface area contributed by atoms with E-state index >= 15 is 0 Å². The molecule has 0 aliphatic carbocycles. The van der Waals surface area contributed by atoms with Crippen LogP contribution in [0.2, 0.25) is 0 Å². The number of fused-ring (bicyclic) bond motifs is 3. The molecule has 6 atom stereocenters. The average Bonchev–Trinajstić information content (AvgIpc) is 3.06. The van der Waals surface area contributed by atoms with Crippen LogP contribution >= 0.6 is 7.60 Å². The Kier molecular flexibility index (Phi) is 4.66. The van der Waals surface area contributed by atoms with Crippen LogP contribution in [-0.2, 0) is 27.8 Å². The van der Waals surface area contributed by atoms with E-state index in [1.807, 2.05) is 45.0 Å². The predicted octanol–water partition coefficient (Wildman–Crippen LogP) is 3.63. The fourth-order valence-electron chi connectivity index (χ4n) is 3.73. The van der Waals surface area contributed by atoms with Crippen LogP contribution in [0.3, 0.4) is 0 Å². The summed E-state index contributed by atoms with van der Waals surface area (Å²) in [5.74, 6) is -0.0153. The minimum Gasteiger partial charge on any atom is -0.497 e. The van der Waals surface area contributed by atoms with Crippen LogP contribution in [0.1, 0.15) is 38.9 Å². The number of ether oxygens (including phenoxy) is 4. The van der Waals surface area contributed by atoms with Gasteiger partial charge in [-0.2, -0.15) is 0 Å². The number of benzene rings is 1. The smallest absolute Gasteiger partial charge is 0.331 e. The fraction of sp³-hybridized carbons (Fsp3) is 0.667. The summed E-state index contributed by atoms with van der Waals surface area (Å²) in [6, 6.07) is 7.48. The van der Waals surface area contributed by atoms with Crippen molar-refractivity contribution < 1.29 is 32.6 Å². The van der Waals surface area contributed by atoms with Crippen molar-refractivity contribution in [1.82, 2.24) is 0 Å². The molecule has 3 aliphatic heterocycles. The third-order valence-electron chi connectivity index (χ3n) is 4.82. The molecule has 4 rings (SSSR count). The van der Waals surface area contributed by atoms with Crippen molar-refractivity contribution in [2.75, 3.05) is 13.3 Å². The third kappa shape index (κ3) is 3.21. The summed E-state index contributed by atoms with van der Waals surface area (Å²) in [4.78, 5) is 0. The molecule has 0 radical (unpaired) electrons. The largest absolute Gasteiger partial charge is 0.497 e. The molecule has 8 heteroatoms. The lowest BCUT2D eigenvalue weighted by molar-refractivity contribution is -0.229. The lowest BCUT2D eigenvalue weighted by Crippen LogP contribution is -2.43. The van der Waals surface area contributed by atoms with Gasteiger partial charge in [-0.1, -0.05) is 19.1 Å². The van der Waals surface area contributed by atoms with Crippen LogP contribution in [0.15, 0.2) is 24.3 Å². The van der Waals surface area contributed by atoms with Gasteiger partial charge in [-0.05, 0) is 38.0 Å². The quantitative estimate of drug-likeness (QED) is 0.734. The molecule has 0 unspecified atom stereocenters. The van der Waals surface area contributed by atoms with Crippen LogP contribution in [-0.4, -0.2) is 43.7 Å². The summed E-state index contributed by atoms with van der Waals surface area (Å²) in [6.07, 6.45) is -1.40. The second-order valence-corrected chi connectivity index (χ2v) is 9.36. The highest BCUT2D eigenvalue weighted by molar-refractivity contribution is 7.53. The topological polar surface area (TPSA) is 72.5 Å². The van der Waals surface area contributed by atoms with Crippen molar-refractivity contribution in [3.05, 3.63) is 29.8 Å². The Morgan fingerprint density at radius 1 is 1.08 bits per heavy atom. The molecule has 3 heterocycles. The molecular weight excluding hydrogens is 359 g/mol. The van der Waals surface area contributed by atoms with E-state index in [0.717, 1.165) is 11.3 Å². The van der Waals surface area contributed by atoms with Crippen LogP contribution in [0.4, 0.5) is 0 Å². The third-order valence-corrected chi connectivity index (χ3v) is 6.93. The van der Waals surface area contributed by atoms with Gasteiger partial charge in [0.1, 0.15) is 30.2 Å². The van der Waals surface area contributed by atoms with Crippen molar-refractivity contribution >= 4 is 7.60 Å². The van der Waals surface area contributed by atoms with Crippen LogP contribution in [0.25, 0.3) is 0 Å². The zero-order valence-electron chi connectivity index (χ0n) is 15.4. The molecule has 3 aliphatic rings. The Bertz CT molecular complexity index is 704. The summed E-state index contributed by atoms with van der Waals surface area (Å²) in [5.41, 5.74) is 0.861. The van der Waals surface area contributed by atoms with Crippen LogP contribution in [0, 0.1) is 0 Å². The Labute approximate surface area is 153 Å². The zero-order valence-corrected chi connectivity index (χ0v) is 16.3. The summed E-state index contributed by atoms with van der Waals surface area (Å²) in [5, 5.41) is 0. The molecule has 0 spiro atoms. The maximum atomic E-state index is 13.2. The summed E-state index contributed by atoms with van der Waals surface area (Å²) in [7, 11) is -1.65. The first-order valence-electron chi connectivity index (χ1n) is 8.95. The normalized spacial score (nSPS) is 40.8. The number of rotatable bonds is 4. The zero-order chi connectivity index (χ0) is 18.5. The van der Waals surface area contributed by atoms with E-state index in [1.54, 1.807) is 7.11 Å². The van der Waals surface area contributed by atoms with E-state index in [1.165, 1.54) is 0 Å². The van der Waals surface area contributed by atoms with Gasteiger partial charge in [-0.3, -0.25) is 13.6 Å². The van der Waals surface area contributed by atoms with Crippen LogP contribution < -0.4 is 4.74 Å². The molecule has 0 N–H and O–H groups in total. The lowest BCUT2D eigenvalue weighted by Gasteiger charge is -2.39. The fourth-order valence-corrected chi connectivity index (χ4v) is 5.74. The molecule has 1 aromatic rings. The standard InChI is InChI=1S/C18H25O7P/c1-5-10-26(19)24-13(11-6-8-12(20-4)9-7-11)14-15(25-26)16-17(21-14)23-18(2,3)22-16/h6-9,13-17H,5,10H2,1-4H3/t13-,14+,15-,16+,17+,26+/m0/s1. The molecule has 3 fully saturated rings. The first-order valence-corrected chi connectivity index (χ1v) is 10.7. The number of hydrogen-bond acceptors (Lipinski definition) is 7. The van der Waals surface area contributed by atoms with Crippen molar-refractivity contribution in [1.29, 1.82) is 0 Å². The van der Waals surface area contributed by atoms with Crippen molar-refractivity contribution in [2.24, 2.45) is 0 Å². The first-order chi connectivity index (χ1) is 12.3. The van der Waals surface area contributed by atoms with E-state index in [2.05, 4.69) is 0 Å². The first kappa shape index (κ1) is 18.4. The molecule has 1 aromatic carbocycles. The van der Waals surface area contributed by atoms with Gasteiger partial charge in [0, 0.05) is 6.16 Å². The van der Waals surface area contributed by atoms with E-state index < -0.39 is 44.1 Å². The highest BCUT2D eigenvalue weighted by Crippen LogP contribution is 2.62. The molecule has 3 saturated heterocycles. The summed E-state index contributed by atoms with van der Waals surface area (Å²) in [6.45, 7) is 5.61. The number of methoxy groups -OCH3 is 1. The van der Waals surface area contributed by atoms with Gasteiger partial charge in [-0.25, -0.2) is 0 Å². The summed E-state index contributed by atoms with van der Waals surface area (Å²) >= 11 is 0. The molecule has 0 bridgehead atoms. The van der Waals surface area contributed by atoms with E-state index in [0.29, 0.717) is 12.6 Å². The SMILES string of the molecule is CCC[P@]1(=O)O[C@@H]2[C@H]3OC(C)(C)O[C@H]3O[C@@H]2[C@H](c2ccc(OC)cc2)O1. The van der Waals surface area contributed by atoms with Gasteiger partial charge < -0.3 is 18.9 Å². The van der Waals surface area contributed by atoms with Crippen molar-refractivity contribution in [3.8, 4) is 5.75 Å². The maximum absolute atomic E-state index is 13.2. The second-order valence-electron chi connectivity index (χ2n) is 7.27. The van der Waals surface area contributed by atoms with Gasteiger partial charge in [-0.15, -0.1) is 0 Å². The molecule has 0 aromatic heterocycles. The lowest BCUT2D eigenvalue weighted by atomic mass is 9.99. The second kappa shape index (κ2) is 6.59. The minimum atomic E-state index is -3.26. The Morgan fingerprint density at radius 2 is 1.81 bits per heavy atom. The molecule has 144 valence electrons. The van der Waals surface area contributed by atoms with Gasteiger partial charge >= 0.3 is 7.60 Å². The van der Waals surface area contributed by atoms with E-state index in [9.17, 15) is 4.57 Å². The molecule has 0 saturated carbocycles. The summed E-state index contributed by atoms with van der Waals surface area (Å²) < 4.78 is 48.2. The predicted molar refractivity (Wildman–Crippen MR) is 93.2 cm³/mol. The van der Waals surface area contributed by atoms with Gasteiger partial charge in [0.2, 0.25) is 0 Å². The van der Waals surface area contributed by atoms with E-state index in [4.69, 9.17) is 28.0 Å². The van der Waals surface area contributed by atoms with E-state index in [-0.39, 0.29) is 0 Å². The van der Waals surface area contributed by atoms with Gasteiger partial charge in [0.25, 0.3) is 0 Å². The monoisotopic (exact) mass is 384 g/mol. The average molecular weight is 384 g/mol. The minimum absolute atomic E-state index is 0.352. The highest BCUT2D eigenvalue weighted by Gasteiger charge is 2.62. The molecule has 0 amide bonds. The Hall–Kier alpha value is -0.950. The van der Waals surface area contributed by atoms with Gasteiger partial charge in [0.05, 0.1) is 7.11 Å². The van der Waals surface area contributed by atoms with Crippen molar-refractivity contribution in [2.45, 2.75) is 63.7 Å². The Balaban J connectivity index is 1.66. The van der Waals surface area contributed by atoms with Crippen LogP contribution in [0.5, 0.6) is 5.75 Å². The molecular formula is C18H25O7P.